The molecule has 0 spiro atoms. The predicted molar refractivity (Wildman–Crippen MR) is 64.4 cm³/mol. The minimum atomic E-state index is -2.74. The second-order valence-corrected chi connectivity index (χ2v) is 2.48. The van der Waals surface area contributed by atoms with Gasteiger partial charge >= 0.3 is 78.7 Å². The Balaban J connectivity index is -0.0000000343. The molecule has 0 bridgehead atoms. The third kappa shape index (κ3) is 9.81. The minimum absolute atomic E-state index is 0. The molecule has 0 heterocycles. The minimum Gasteiger partial charge on any atom is -1.00 e. The molecule has 0 atom stereocenters. The maximum atomic E-state index is 10.3. The topological polar surface area (TPSA) is 132 Å². The van der Waals surface area contributed by atoms with Gasteiger partial charge in [-0.05, 0) is 11.0 Å². The summed E-state index contributed by atoms with van der Waals surface area (Å²) in [5.74, 6) is -5.02. The number of hydrogen-bond acceptors (Lipinski definition) is 4. The number of carboxylic acid groups (broad SMARTS) is 3. The van der Waals surface area contributed by atoms with Crippen LogP contribution in [-0.4, -0.2) is 116 Å². The number of rotatable bonds is 5. The van der Waals surface area contributed by atoms with Gasteiger partial charge in [0.25, 0.3) is 0 Å². The van der Waals surface area contributed by atoms with Crippen molar-refractivity contribution in [3.05, 3.63) is 0 Å². The molecule has 0 rings (SSSR count). The van der Waals surface area contributed by atoms with Gasteiger partial charge in [-0.3, -0.25) is 9.59 Å². The first kappa shape index (κ1) is 25.5. The summed E-state index contributed by atoms with van der Waals surface area (Å²) in [7, 11) is 0. The molecule has 4 N–H and O–H groups in total. The number of carbonyl (C=O) groups is 3. The van der Waals surface area contributed by atoms with Crippen LogP contribution in [0.2, 0.25) is 0 Å². The molecule has 0 unspecified atom stereocenters. The van der Waals surface area contributed by atoms with E-state index in [0.717, 1.165) is 0 Å². The van der Waals surface area contributed by atoms with Crippen molar-refractivity contribution in [3.63, 3.8) is 0 Å². The number of aliphatic carboxylic acids is 3. The van der Waals surface area contributed by atoms with E-state index in [1.807, 2.05) is 0 Å². The normalized spacial score (nSPS) is 8.81. The van der Waals surface area contributed by atoms with E-state index in [1.54, 1.807) is 0 Å². The maximum absolute atomic E-state index is 10.3. The van der Waals surface area contributed by atoms with Crippen LogP contribution in [-0.2, 0) is 14.4 Å². The van der Waals surface area contributed by atoms with E-state index < -0.39 is 36.4 Å². The van der Waals surface area contributed by atoms with E-state index >= 15 is 0 Å². The fourth-order valence-electron chi connectivity index (χ4n) is 0.714. The van der Waals surface area contributed by atoms with E-state index in [9.17, 15) is 14.4 Å². The van der Waals surface area contributed by atoms with Crippen LogP contribution in [0.4, 0.5) is 0 Å². The Morgan fingerprint density at radius 1 is 1.00 bits per heavy atom. The monoisotopic (exact) mass is 292 g/mol. The summed E-state index contributed by atoms with van der Waals surface area (Å²) in [6.45, 7) is 0. The number of carboxylic acids is 3. The van der Waals surface area contributed by atoms with E-state index in [0.29, 0.717) is 0 Å². The Hall–Kier alpha value is 0.613. The molecule has 0 saturated carbocycles. The van der Waals surface area contributed by atoms with Crippen LogP contribution in [0.1, 0.15) is 18.5 Å². The average molecular weight is 293 g/mol. The Morgan fingerprint density at radius 2 is 1.25 bits per heavy atom. The van der Waals surface area contributed by atoms with Gasteiger partial charge in [0.05, 0.1) is 12.8 Å². The average Bonchev–Trinajstić information content (AvgIpc) is 1.82. The number of aliphatic hydroxyl groups is 1. The first-order chi connectivity index (χ1) is 5.78. The number of hydrogen-bond donors (Lipinski definition) is 4. The smallest absolute Gasteiger partial charge is 1.00 e. The summed E-state index contributed by atoms with van der Waals surface area (Å²) in [4.78, 5) is 30.5. The van der Waals surface area contributed by atoms with Crippen molar-refractivity contribution in [1.82, 2.24) is 0 Å². The summed E-state index contributed by atoms with van der Waals surface area (Å²) >= 11 is 0. The SMILES string of the molecule is O=C(O)CC(O)(CC(=O)O)C(=O)O.[Ca+2].[H-].[H-].[H-].[H-].[Mg+2].[SiH4]. The van der Waals surface area contributed by atoms with Gasteiger partial charge in [0.2, 0.25) is 0 Å². The van der Waals surface area contributed by atoms with Gasteiger partial charge < -0.3 is 26.1 Å². The van der Waals surface area contributed by atoms with Crippen LogP contribution >= 0.6 is 0 Å². The molecule has 0 aliphatic rings. The molecule has 0 saturated heterocycles. The van der Waals surface area contributed by atoms with Gasteiger partial charge in [0, 0.05) is 0 Å². The van der Waals surface area contributed by atoms with Crippen LogP contribution < -0.4 is 0 Å². The fraction of sp³-hybridized carbons (Fsp3) is 0.500. The molecule has 0 amide bonds. The molecule has 0 aromatic heterocycles. The standard InChI is InChI=1S/C6H8O7.Ca.Mg.H4Si.4H/c7-3(8)1-6(13,5(11)12)2-4(9)10;;;;;;;/h13H,1-2H2,(H,7,8)(H,9,10)(H,11,12);;;1H4;;;;/q;2*+2;;4*-1. The van der Waals surface area contributed by atoms with Gasteiger partial charge in [-0.25, -0.2) is 4.79 Å². The Kier molecular flexibility index (Phi) is 17.1. The van der Waals surface area contributed by atoms with Gasteiger partial charge in [0.1, 0.15) is 0 Å². The quantitative estimate of drug-likeness (QED) is 0.397. The predicted octanol–water partition coefficient (Wildman–Crippen LogP) is -3.01. The summed E-state index contributed by atoms with van der Waals surface area (Å²) in [6, 6.07) is 0. The van der Waals surface area contributed by atoms with Crippen molar-refractivity contribution in [2.24, 2.45) is 0 Å². The molecular weight excluding hydrogens is 277 g/mol. The summed E-state index contributed by atoms with van der Waals surface area (Å²) < 4.78 is 0. The molecular formula is C6H16CaMgO7Si. The first-order valence-electron chi connectivity index (χ1n) is 3.17. The largest absolute Gasteiger partial charge is 2.00 e. The second-order valence-electron chi connectivity index (χ2n) is 2.48. The van der Waals surface area contributed by atoms with E-state index in [2.05, 4.69) is 0 Å². The molecule has 7 nitrogen and oxygen atoms in total. The summed E-state index contributed by atoms with van der Waals surface area (Å²) in [6.07, 6.45) is -2.29. The molecule has 16 heavy (non-hydrogen) atoms. The second kappa shape index (κ2) is 10.7. The molecule has 0 aromatic carbocycles. The Labute approximate surface area is 147 Å². The summed E-state index contributed by atoms with van der Waals surface area (Å²) in [5, 5.41) is 33.8. The van der Waals surface area contributed by atoms with Gasteiger partial charge in [-0.2, -0.15) is 0 Å². The maximum Gasteiger partial charge on any atom is 2.00 e. The van der Waals surface area contributed by atoms with Crippen LogP contribution in [0.25, 0.3) is 0 Å². The molecule has 0 fully saturated rings. The van der Waals surface area contributed by atoms with Gasteiger partial charge in [-0.15, -0.1) is 0 Å². The molecule has 0 aromatic rings. The third-order valence-electron chi connectivity index (χ3n) is 1.29. The zero-order valence-electron chi connectivity index (χ0n) is 11.8. The molecule has 90 valence electrons. The van der Waals surface area contributed by atoms with E-state index in [1.165, 1.54) is 0 Å². The van der Waals surface area contributed by atoms with Crippen molar-refractivity contribution < 1.29 is 40.5 Å². The fourth-order valence-corrected chi connectivity index (χ4v) is 0.714. The van der Waals surface area contributed by atoms with Crippen molar-refractivity contribution in [3.8, 4) is 0 Å². The Morgan fingerprint density at radius 3 is 1.38 bits per heavy atom. The van der Waals surface area contributed by atoms with Gasteiger partial charge in [0.15, 0.2) is 5.60 Å². The molecule has 10 heteroatoms. The van der Waals surface area contributed by atoms with E-state index in [4.69, 9.17) is 20.4 Å². The first-order valence-corrected chi connectivity index (χ1v) is 3.17. The van der Waals surface area contributed by atoms with Crippen molar-refractivity contribution in [2.45, 2.75) is 18.4 Å². The van der Waals surface area contributed by atoms with Crippen LogP contribution in [0.3, 0.4) is 0 Å². The van der Waals surface area contributed by atoms with Crippen LogP contribution in [0.5, 0.6) is 0 Å². The van der Waals surface area contributed by atoms with Crippen molar-refractivity contribution >= 4 is 89.7 Å². The third-order valence-corrected chi connectivity index (χ3v) is 1.29. The van der Waals surface area contributed by atoms with Crippen LogP contribution in [0.15, 0.2) is 0 Å². The molecule has 0 aliphatic heterocycles. The molecule has 0 aliphatic carbocycles. The Bertz CT molecular complexity index is 258. The van der Waals surface area contributed by atoms with Crippen molar-refractivity contribution in [2.75, 3.05) is 0 Å². The van der Waals surface area contributed by atoms with Crippen molar-refractivity contribution in [1.29, 1.82) is 0 Å². The van der Waals surface area contributed by atoms with Gasteiger partial charge in [-0.1, -0.05) is 0 Å². The van der Waals surface area contributed by atoms with E-state index in [-0.39, 0.29) is 77.5 Å². The summed E-state index contributed by atoms with van der Waals surface area (Å²) in [5.41, 5.74) is -2.74. The molecule has 0 radical (unpaired) electrons. The zero-order valence-corrected chi connectivity index (χ0v) is 11.5. The zero-order chi connectivity index (χ0) is 10.6. The van der Waals surface area contributed by atoms with Crippen LogP contribution in [0, 0.1) is 0 Å².